The van der Waals surface area contributed by atoms with E-state index < -0.39 is 17.9 Å². The maximum Gasteiger partial charge on any atom is 0.322 e. The number of halogens is 1. The Morgan fingerprint density at radius 3 is 2.42 bits per heavy atom. The van der Waals surface area contributed by atoms with E-state index in [1.54, 1.807) is 27.7 Å². The number of aromatic nitrogens is 2. The van der Waals surface area contributed by atoms with Crippen molar-refractivity contribution in [2.75, 3.05) is 11.9 Å². The summed E-state index contributed by atoms with van der Waals surface area (Å²) in [6.45, 7) is 10.6. The fourth-order valence-electron chi connectivity index (χ4n) is 4.58. The molecule has 4 rings (SSSR count). The molecule has 0 fully saturated rings. The predicted octanol–water partition coefficient (Wildman–Crippen LogP) is 7.17. The number of nitrogens with one attached hydrogen (secondary N) is 1. The quantitative estimate of drug-likeness (QED) is 0.271. The van der Waals surface area contributed by atoms with E-state index in [4.69, 9.17) is 4.98 Å². The van der Waals surface area contributed by atoms with Crippen LogP contribution in [0.2, 0.25) is 0 Å². The number of amides is 2. The zero-order chi connectivity index (χ0) is 27.4. The second kappa shape index (κ2) is 11.6. The topological polar surface area (TPSA) is 67.2 Å². The van der Waals surface area contributed by atoms with E-state index >= 15 is 0 Å². The molecule has 2 amide bonds. The van der Waals surface area contributed by atoms with Gasteiger partial charge < -0.3 is 10.2 Å². The largest absolute Gasteiger partial charge is 0.322 e. The molecule has 0 saturated heterocycles. The minimum absolute atomic E-state index is 0.111. The molecule has 38 heavy (non-hydrogen) atoms. The Hall–Kier alpha value is -4.00. The highest BCUT2D eigenvalue weighted by atomic mass is 19.1. The molecule has 1 unspecified atom stereocenters. The number of nitrogens with zero attached hydrogens (tertiary/aromatic N) is 3. The van der Waals surface area contributed by atoms with E-state index in [9.17, 15) is 14.0 Å². The molecule has 0 radical (unpaired) electrons. The summed E-state index contributed by atoms with van der Waals surface area (Å²) >= 11 is 0. The molecule has 1 atom stereocenters. The monoisotopic (exact) mass is 514 g/mol. The molecule has 0 aliphatic heterocycles. The van der Waals surface area contributed by atoms with Crippen LogP contribution >= 0.6 is 0 Å². The molecule has 1 aromatic heterocycles. The van der Waals surface area contributed by atoms with E-state index in [-0.39, 0.29) is 11.2 Å². The molecule has 1 heterocycles. The van der Waals surface area contributed by atoms with Crippen LogP contribution in [0.1, 0.15) is 56.6 Å². The Morgan fingerprint density at radius 1 is 1.03 bits per heavy atom. The third kappa shape index (κ3) is 5.62. The van der Waals surface area contributed by atoms with Crippen LogP contribution in [-0.2, 0) is 0 Å². The van der Waals surface area contributed by atoms with Gasteiger partial charge in [0.25, 0.3) is 5.56 Å². The average molecular weight is 515 g/mol. The number of anilines is 1. The van der Waals surface area contributed by atoms with Crippen molar-refractivity contribution in [2.45, 2.75) is 53.5 Å². The molecule has 6 nitrogen and oxygen atoms in total. The Bertz CT molecular complexity index is 1510. The summed E-state index contributed by atoms with van der Waals surface area (Å²) < 4.78 is 16.1. The lowest BCUT2D eigenvalue weighted by Gasteiger charge is -2.33. The summed E-state index contributed by atoms with van der Waals surface area (Å²) in [5, 5.41) is 3.25. The van der Waals surface area contributed by atoms with Gasteiger partial charge in [0.1, 0.15) is 11.6 Å². The zero-order valence-electron chi connectivity index (χ0n) is 22.7. The molecule has 0 bridgehead atoms. The molecule has 0 saturated carbocycles. The third-order valence-electron chi connectivity index (χ3n) is 6.93. The van der Waals surface area contributed by atoms with E-state index in [1.807, 2.05) is 57.2 Å². The molecule has 7 heteroatoms. The van der Waals surface area contributed by atoms with Crippen molar-refractivity contribution in [3.05, 3.63) is 99.9 Å². The maximum absolute atomic E-state index is 14.4. The Kier molecular flexibility index (Phi) is 8.25. The Labute approximate surface area is 223 Å². The van der Waals surface area contributed by atoms with Crippen LogP contribution in [0, 0.1) is 25.6 Å². The fourth-order valence-corrected chi connectivity index (χ4v) is 4.58. The highest BCUT2D eigenvalue weighted by Crippen LogP contribution is 2.28. The Morgan fingerprint density at radius 2 is 1.74 bits per heavy atom. The lowest BCUT2D eigenvalue weighted by molar-refractivity contribution is 0.176. The summed E-state index contributed by atoms with van der Waals surface area (Å²) in [6, 6.07) is 18.3. The molecule has 4 aromatic rings. The zero-order valence-corrected chi connectivity index (χ0v) is 22.7. The van der Waals surface area contributed by atoms with Crippen LogP contribution in [-0.4, -0.2) is 27.0 Å². The number of benzene rings is 3. The van der Waals surface area contributed by atoms with Gasteiger partial charge in [-0.25, -0.2) is 14.2 Å². The fraction of sp³-hybridized carbons (Fsp3) is 0.323. The minimum atomic E-state index is -0.528. The smallest absolute Gasteiger partial charge is 0.314 e. The van der Waals surface area contributed by atoms with Crippen LogP contribution in [0.25, 0.3) is 16.6 Å². The van der Waals surface area contributed by atoms with Gasteiger partial charge in [0.05, 0.1) is 28.3 Å². The first kappa shape index (κ1) is 27.0. The number of rotatable bonds is 8. The molecule has 0 spiro atoms. The van der Waals surface area contributed by atoms with Gasteiger partial charge in [0.2, 0.25) is 0 Å². The first-order valence-electron chi connectivity index (χ1n) is 13.1. The van der Waals surface area contributed by atoms with Crippen LogP contribution in [0.15, 0.2) is 71.5 Å². The number of carbonyl (C=O) groups is 1. The van der Waals surface area contributed by atoms with E-state index in [0.29, 0.717) is 41.3 Å². The first-order valence-corrected chi connectivity index (χ1v) is 13.1. The SMILES string of the molecule is CCC(c1nc2ccccc2c(=O)n1-c1ccc(C)c(C)c1)N(CCC(C)C)C(=O)Nc1ccccc1F. The van der Waals surface area contributed by atoms with Gasteiger partial charge in [-0.1, -0.05) is 51.1 Å². The van der Waals surface area contributed by atoms with Crippen molar-refractivity contribution in [2.24, 2.45) is 5.92 Å². The predicted molar refractivity (Wildman–Crippen MR) is 151 cm³/mol. The molecular formula is C31H35FN4O2. The van der Waals surface area contributed by atoms with Crippen LogP contribution in [0.5, 0.6) is 0 Å². The summed E-state index contributed by atoms with van der Waals surface area (Å²) in [5.74, 6) is 0.309. The summed E-state index contributed by atoms with van der Waals surface area (Å²) in [4.78, 5) is 34.2. The molecule has 198 valence electrons. The second-order valence-electron chi connectivity index (χ2n) is 10.1. The van der Waals surface area contributed by atoms with Crippen LogP contribution in [0.4, 0.5) is 14.9 Å². The van der Waals surface area contributed by atoms with E-state index in [0.717, 1.165) is 17.5 Å². The number of hydrogen-bond acceptors (Lipinski definition) is 3. The highest BCUT2D eigenvalue weighted by molar-refractivity contribution is 5.89. The number of urea groups is 1. The summed E-state index contributed by atoms with van der Waals surface area (Å²) in [7, 11) is 0. The van der Waals surface area contributed by atoms with Gasteiger partial charge in [-0.05, 0) is 80.1 Å². The van der Waals surface area contributed by atoms with Gasteiger partial charge in [0.15, 0.2) is 0 Å². The van der Waals surface area contributed by atoms with Crippen LogP contribution < -0.4 is 10.9 Å². The second-order valence-corrected chi connectivity index (χ2v) is 10.1. The number of fused-ring (bicyclic) bond motifs is 1. The van der Waals surface area contributed by atoms with Crippen molar-refractivity contribution in [1.29, 1.82) is 0 Å². The lowest BCUT2D eigenvalue weighted by atomic mass is 10.1. The van der Waals surface area contributed by atoms with E-state index in [2.05, 4.69) is 19.2 Å². The molecule has 3 aromatic carbocycles. The van der Waals surface area contributed by atoms with Crippen molar-refractivity contribution >= 4 is 22.6 Å². The summed E-state index contributed by atoms with van der Waals surface area (Å²) in [6.07, 6.45) is 1.25. The molecule has 0 aliphatic carbocycles. The van der Waals surface area contributed by atoms with Gasteiger partial charge in [-0.2, -0.15) is 0 Å². The minimum Gasteiger partial charge on any atom is -0.314 e. The standard InChI is InChI=1S/C31H35FN4O2/c1-6-28(35(18-17-20(2)3)31(38)34-27-14-10-8-12-25(27)32)29-33-26-13-9-7-11-24(26)30(37)36(29)23-16-15-21(4)22(5)19-23/h7-16,19-20,28H,6,17-18H2,1-5H3,(H,34,38). The molecule has 0 aliphatic rings. The molecule has 1 N–H and O–H groups in total. The van der Waals surface area contributed by atoms with Gasteiger partial charge in [-0.15, -0.1) is 0 Å². The third-order valence-corrected chi connectivity index (χ3v) is 6.93. The normalized spacial score (nSPS) is 12.1. The van der Waals surface area contributed by atoms with Gasteiger partial charge >= 0.3 is 6.03 Å². The first-order chi connectivity index (χ1) is 18.2. The number of aryl methyl sites for hydroxylation is 2. The lowest BCUT2D eigenvalue weighted by Crippen LogP contribution is -2.41. The number of para-hydroxylation sites is 2. The van der Waals surface area contributed by atoms with Gasteiger partial charge in [-0.3, -0.25) is 9.36 Å². The highest BCUT2D eigenvalue weighted by Gasteiger charge is 2.29. The maximum atomic E-state index is 14.4. The Balaban J connectivity index is 1.90. The summed E-state index contributed by atoms with van der Waals surface area (Å²) in [5.41, 5.74) is 3.36. The number of hydrogen-bond donors (Lipinski definition) is 1. The van der Waals surface area contributed by atoms with Crippen molar-refractivity contribution in [3.8, 4) is 5.69 Å². The van der Waals surface area contributed by atoms with E-state index in [1.165, 1.54) is 12.1 Å². The number of carbonyl (C=O) groups excluding carboxylic acids is 1. The average Bonchev–Trinajstić information content (AvgIpc) is 2.89. The van der Waals surface area contributed by atoms with Gasteiger partial charge in [0, 0.05) is 6.54 Å². The molecular weight excluding hydrogens is 479 g/mol. The van der Waals surface area contributed by atoms with Crippen molar-refractivity contribution in [1.82, 2.24) is 14.5 Å². The van der Waals surface area contributed by atoms with Crippen molar-refractivity contribution in [3.63, 3.8) is 0 Å². The van der Waals surface area contributed by atoms with Crippen LogP contribution in [0.3, 0.4) is 0 Å². The van der Waals surface area contributed by atoms with Crippen molar-refractivity contribution < 1.29 is 9.18 Å².